The van der Waals surface area contributed by atoms with E-state index >= 15 is 0 Å². The van der Waals surface area contributed by atoms with Gasteiger partial charge in [-0.05, 0) is 31.3 Å². The van der Waals surface area contributed by atoms with Crippen LogP contribution in [0.4, 0.5) is 0 Å². The van der Waals surface area contributed by atoms with Crippen LogP contribution in [0, 0.1) is 6.92 Å². The number of benzene rings is 1. The van der Waals surface area contributed by atoms with E-state index in [-0.39, 0.29) is 0 Å². The molecule has 2 N–H and O–H groups in total. The van der Waals surface area contributed by atoms with E-state index in [2.05, 4.69) is 34.7 Å². The van der Waals surface area contributed by atoms with Gasteiger partial charge in [-0.15, -0.1) is 0 Å². The Kier molecular flexibility index (Phi) is 3.76. The van der Waals surface area contributed by atoms with E-state index in [1.807, 2.05) is 20.0 Å². The minimum absolute atomic E-state index is 0.302. The molecule has 0 aliphatic heterocycles. The third-order valence-corrected chi connectivity index (χ3v) is 2.87. The summed E-state index contributed by atoms with van der Waals surface area (Å²) < 4.78 is 5.47. The highest BCUT2D eigenvalue weighted by Gasteiger charge is 2.10. The molecule has 1 heterocycles. The van der Waals surface area contributed by atoms with Gasteiger partial charge in [-0.3, -0.25) is 0 Å². The molecular formula is C13H19N3O. The average molecular weight is 233 g/mol. The summed E-state index contributed by atoms with van der Waals surface area (Å²) in [5.41, 5.74) is 3.01. The van der Waals surface area contributed by atoms with E-state index in [0.29, 0.717) is 11.9 Å². The van der Waals surface area contributed by atoms with Crippen molar-refractivity contribution in [3.05, 3.63) is 29.7 Å². The monoisotopic (exact) mass is 233 g/mol. The summed E-state index contributed by atoms with van der Waals surface area (Å²) in [6.45, 7) is 5.86. The fraction of sp³-hybridized carbons (Fsp3) is 0.462. The number of aryl methyl sites for hydroxylation is 1. The average Bonchev–Trinajstić information content (AvgIpc) is 2.69. The Hall–Kier alpha value is -1.39. The lowest BCUT2D eigenvalue weighted by Gasteiger charge is -2.16. The third kappa shape index (κ3) is 2.65. The van der Waals surface area contributed by atoms with E-state index in [4.69, 9.17) is 4.42 Å². The Morgan fingerprint density at radius 3 is 2.94 bits per heavy atom. The molecule has 17 heavy (non-hydrogen) atoms. The molecule has 92 valence electrons. The highest BCUT2D eigenvalue weighted by Crippen LogP contribution is 2.20. The van der Waals surface area contributed by atoms with Crippen molar-refractivity contribution in [3.63, 3.8) is 0 Å². The molecular weight excluding hydrogens is 214 g/mol. The number of aromatic nitrogens is 1. The van der Waals surface area contributed by atoms with Crippen molar-refractivity contribution in [2.45, 2.75) is 19.9 Å². The fourth-order valence-corrected chi connectivity index (χ4v) is 1.95. The second-order valence-corrected chi connectivity index (χ2v) is 4.11. The molecule has 4 heteroatoms. The Morgan fingerprint density at radius 2 is 2.24 bits per heavy atom. The molecule has 0 aliphatic carbocycles. The maximum atomic E-state index is 5.47. The van der Waals surface area contributed by atoms with Crippen molar-refractivity contribution in [2.75, 3.05) is 20.1 Å². The first-order valence-corrected chi connectivity index (χ1v) is 5.99. The molecule has 4 nitrogen and oxygen atoms in total. The zero-order chi connectivity index (χ0) is 12.3. The van der Waals surface area contributed by atoms with E-state index in [0.717, 1.165) is 24.2 Å². The molecule has 1 aromatic heterocycles. The Balaban J connectivity index is 2.26. The zero-order valence-electron chi connectivity index (χ0n) is 10.6. The van der Waals surface area contributed by atoms with Crippen LogP contribution in [0.3, 0.4) is 0 Å². The van der Waals surface area contributed by atoms with Crippen LogP contribution in [0.25, 0.3) is 11.1 Å². The standard InChI is InChI=1S/C13H19N3O/c1-4-15-8-12(14-3)10-5-6-13-11(7-10)16-9(2)17-13/h5-7,12,14-15H,4,8H2,1-3H3. The first-order chi connectivity index (χ1) is 8.24. The van der Waals surface area contributed by atoms with Gasteiger partial charge in [-0.1, -0.05) is 13.0 Å². The van der Waals surface area contributed by atoms with Crippen molar-refractivity contribution in [3.8, 4) is 0 Å². The minimum Gasteiger partial charge on any atom is -0.441 e. The summed E-state index contributed by atoms with van der Waals surface area (Å²) in [4.78, 5) is 4.36. The van der Waals surface area contributed by atoms with Gasteiger partial charge in [0.1, 0.15) is 5.52 Å². The number of hydrogen-bond donors (Lipinski definition) is 2. The molecule has 1 atom stereocenters. The summed E-state index contributed by atoms with van der Waals surface area (Å²) in [5, 5.41) is 6.65. The van der Waals surface area contributed by atoms with E-state index in [9.17, 15) is 0 Å². The molecule has 0 spiro atoms. The van der Waals surface area contributed by atoms with E-state index in [1.165, 1.54) is 5.56 Å². The van der Waals surface area contributed by atoms with Crippen LogP contribution in [0.1, 0.15) is 24.4 Å². The number of fused-ring (bicyclic) bond motifs is 1. The molecule has 0 saturated heterocycles. The van der Waals surface area contributed by atoms with E-state index < -0.39 is 0 Å². The SMILES string of the molecule is CCNCC(NC)c1ccc2oc(C)nc2c1. The van der Waals surface area contributed by atoms with Crippen molar-refractivity contribution < 1.29 is 4.42 Å². The van der Waals surface area contributed by atoms with Gasteiger partial charge in [0.25, 0.3) is 0 Å². The Morgan fingerprint density at radius 1 is 1.41 bits per heavy atom. The lowest BCUT2D eigenvalue weighted by atomic mass is 10.1. The topological polar surface area (TPSA) is 50.1 Å². The number of nitrogens with one attached hydrogen (secondary N) is 2. The van der Waals surface area contributed by atoms with Crippen LogP contribution in [0.5, 0.6) is 0 Å². The third-order valence-electron chi connectivity index (χ3n) is 2.87. The van der Waals surface area contributed by atoms with E-state index in [1.54, 1.807) is 0 Å². The van der Waals surface area contributed by atoms with Crippen LogP contribution >= 0.6 is 0 Å². The molecule has 0 bridgehead atoms. The zero-order valence-corrected chi connectivity index (χ0v) is 10.6. The smallest absolute Gasteiger partial charge is 0.192 e. The molecule has 0 radical (unpaired) electrons. The maximum Gasteiger partial charge on any atom is 0.192 e. The normalized spacial score (nSPS) is 13.1. The highest BCUT2D eigenvalue weighted by molar-refractivity contribution is 5.73. The molecule has 2 aromatic rings. The number of oxazole rings is 1. The number of rotatable bonds is 5. The van der Waals surface area contributed by atoms with Gasteiger partial charge in [-0.2, -0.15) is 0 Å². The van der Waals surface area contributed by atoms with Crippen LogP contribution in [-0.4, -0.2) is 25.1 Å². The first-order valence-electron chi connectivity index (χ1n) is 5.99. The van der Waals surface area contributed by atoms with Crippen molar-refractivity contribution in [2.24, 2.45) is 0 Å². The fourth-order valence-electron chi connectivity index (χ4n) is 1.95. The van der Waals surface area contributed by atoms with Gasteiger partial charge in [0.05, 0.1) is 0 Å². The van der Waals surface area contributed by atoms with Crippen LogP contribution < -0.4 is 10.6 Å². The molecule has 1 aromatic carbocycles. The summed E-state index contributed by atoms with van der Waals surface area (Å²) in [6.07, 6.45) is 0. The van der Waals surface area contributed by atoms with Gasteiger partial charge in [-0.25, -0.2) is 4.98 Å². The molecule has 1 unspecified atom stereocenters. The molecule has 0 fully saturated rings. The number of likely N-dealkylation sites (N-methyl/N-ethyl adjacent to an activating group) is 2. The molecule has 0 amide bonds. The van der Waals surface area contributed by atoms with Crippen molar-refractivity contribution >= 4 is 11.1 Å². The van der Waals surface area contributed by atoms with Gasteiger partial charge < -0.3 is 15.1 Å². The second-order valence-electron chi connectivity index (χ2n) is 4.11. The Bertz CT molecular complexity index is 492. The quantitative estimate of drug-likeness (QED) is 0.829. The first kappa shape index (κ1) is 12.1. The number of nitrogens with zero attached hydrogens (tertiary/aromatic N) is 1. The van der Waals surface area contributed by atoms with Crippen LogP contribution in [-0.2, 0) is 0 Å². The summed E-state index contributed by atoms with van der Waals surface area (Å²) >= 11 is 0. The lowest BCUT2D eigenvalue weighted by Crippen LogP contribution is -2.29. The van der Waals surface area contributed by atoms with Crippen molar-refractivity contribution in [1.82, 2.24) is 15.6 Å². The highest BCUT2D eigenvalue weighted by atomic mass is 16.3. The summed E-state index contributed by atoms with van der Waals surface area (Å²) in [5.74, 6) is 0.713. The van der Waals surface area contributed by atoms with Crippen LogP contribution in [0.2, 0.25) is 0 Å². The predicted molar refractivity (Wildman–Crippen MR) is 69.1 cm³/mol. The van der Waals surface area contributed by atoms with Crippen LogP contribution in [0.15, 0.2) is 22.6 Å². The largest absolute Gasteiger partial charge is 0.441 e. The van der Waals surface area contributed by atoms with Gasteiger partial charge in [0, 0.05) is 19.5 Å². The predicted octanol–water partition coefficient (Wildman–Crippen LogP) is 2.01. The summed E-state index contributed by atoms with van der Waals surface area (Å²) in [6, 6.07) is 6.47. The van der Waals surface area contributed by atoms with Gasteiger partial charge in [0.2, 0.25) is 0 Å². The number of hydrogen-bond acceptors (Lipinski definition) is 4. The van der Waals surface area contributed by atoms with Gasteiger partial charge in [0.15, 0.2) is 11.5 Å². The van der Waals surface area contributed by atoms with Crippen molar-refractivity contribution in [1.29, 1.82) is 0 Å². The molecule has 2 rings (SSSR count). The summed E-state index contributed by atoms with van der Waals surface area (Å²) in [7, 11) is 1.97. The minimum atomic E-state index is 0.302. The molecule has 0 aliphatic rings. The Labute approximate surface area is 101 Å². The van der Waals surface area contributed by atoms with Gasteiger partial charge >= 0.3 is 0 Å². The second kappa shape index (κ2) is 5.29. The molecule has 0 saturated carbocycles. The lowest BCUT2D eigenvalue weighted by molar-refractivity contribution is 0.538. The maximum absolute atomic E-state index is 5.47.